The van der Waals surface area contributed by atoms with Crippen LogP contribution in [0.25, 0.3) is 11.3 Å². The Labute approximate surface area is 117 Å². The van der Waals surface area contributed by atoms with Gasteiger partial charge in [0.15, 0.2) is 23.2 Å². The summed E-state index contributed by atoms with van der Waals surface area (Å²) in [4.78, 5) is 4.22. The van der Waals surface area contributed by atoms with E-state index in [0.29, 0.717) is 23.3 Å². The first-order valence-electron chi connectivity index (χ1n) is 6.78. The molecule has 2 aromatic rings. The van der Waals surface area contributed by atoms with Crippen molar-refractivity contribution in [2.75, 3.05) is 13.7 Å². The highest BCUT2D eigenvalue weighted by molar-refractivity contribution is 5.57. The third-order valence-electron chi connectivity index (χ3n) is 3.34. The van der Waals surface area contributed by atoms with E-state index in [4.69, 9.17) is 9.15 Å². The number of halogens is 1. The fourth-order valence-electron chi connectivity index (χ4n) is 2.05. The van der Waals surface area contributed by atoms with E-state index in [1.54, 1.807) is 18.3 Å². The number of oxazole rings is 1. The molecule has 3 rings (SSSR count). The molecule has 1 aliphatic rings. The van der Waals surface area contributed by atoms with Crippen LogP contribution in [-0.4, -0.2) is 24.7 Å². The SMILES string of the molecule is COc1ccc(-c2cnc(CCNC3CC3)o2)cc1F. The van der Waals surface area contributed by atoms with E-state index >= 15 is 0 Å². The minimum atomic E-state index is -0.404. The molecule has 0 bridgehead atoms. The van der Waals surface area contributed by atoms with Crippen LogP contribution in [0.1, 0.15) is 18.7 Å². The number of methoxy groups -OCH3 is 1. The minimum Gasteiger partial charge on any atom is -0.494 e. The summed E-state index contributed by atoms with van der Waals surface area (Å²) in [5.41, 5.74) is 0.664. The van der Waals surface area contributed by atoms with E-state index < -0.39 is 5.82 Å². The van der Waals surface area contributed by atoms with E-state index in [1.807, 2.05) is 0 Å². The zero-order valence-corrected chi connectivity index (χ0v) is 11.4. The van der Waals surface area contributed by atoms with Crippen LogP contribution < -0.4 is 10.1 Å². The molecule has 1 fully saturated rings. The molecule has 1 aromatic heterocycles. The Hall–Kier alpha value is -1.88. The monoisotopic (exact) mass is 276 g/mol. The van der Waals surface area contributed by atoms with Gasteiger partial charge in [0.2, 0.25) is 0 Å². The van der Waals surface area contributed by atoms with Crippen LogP contribution >= 0.6 is 0 Å². The van der Waals surface area contributed by atoms with Gasteiger partial charge in [-0.15, -0.1) is 0 Å². The number of hydrogen-bond acceptors (Lipinski definition) is 4. The third-order valence-corrected chi connectivity index (χ3v) is 3.34. The second kappa shape index (κ2) is 5.63. The first-order valence-corrected chi connectivity index (χ1v) is 6.78. The van der Waals surface area contributed by atoms with Crippen molar-refractivity contribution < 1.29 is 13.5 Å². The Morgan fingerprint density at radius 2 is 2.30 bits per heavy atom. The standard InChI is InChI=1S/C15H17FN2O2/c1-19-13-5-2-10(8-12(13)16)14-9-18-15(20-14)6-7-17-11-3-4-11/h2,5,8-9,11,17H,3-4,6-7H2,1H3. The van der Waals surface area contributed by atoms with Crippen LogP contribution in [0.4, 0.5) is 4.39 Å². The van der Waals surface area contributed by atoms with Crippen molar-refractivity contribution in [1.29, 1.82) is 0 Å². The lowest BCUT2D eigenvalue weighted by Gasteiger charge is -2.03. The summed E-state index contributed by atoms with van der Waals surface area (Å²) in [5, 5.41) is 3.40. The molecular formula is C15H17FN2O2. The summed E-state index contributed by atoms with van der Waals surface area (Å²) >= 11 is 0. The van der Waals surface area contributed by atoms with Crippen molar-refractivity contribution in [2.24, 2.45) is 0 Å². The number of aromatic nitrogens is 1. The predicted molar refractivity (Wildman–Crippen MR) is 73.2 cm³/mol. The first-order chi connectivity index (χ1) is 9.76. The fourth-order valence-corrected chi connectivity index (χ4v) is 2.05. The van der Waals surface area contributed by atoms with Gasteiger partial charge in [0, 0.05) is 24.6 Å². The first kappa shape index (κ1) is 13.1. The van der Waals surface area contributed by atoms with Gasteiger partial charge in [-0.2, -0.15) is 0 Å². The van der Waals surface area contributed by atoms with Gasteiger partial charge in [0.05, 0.1) is 13.3 Å². The predicted octanol–water partition coefficient (Wildman–Crippen LogP) is 2.78. The van der Waals surface area contributed by atoms with Crippen molar-refractivity contribution >= 4 is 0 Å². The smallest absolute Gasteiger partial charge is 0.196 e. The highest BCUT2D eigenvalue weighted by atomic mass is 19.1. The number of benzene rings is 1. The Bertz CT molecular complexity index is 593. The van der Waals surface area contributed by atoms with E-state index in [2.05, 4.69) is 10.3 Å². The number of nitrogens with zero attached hydrogens (tertiary/aromatic N) is 1. The Kier molecular flexibility index (Phi) is 3.69. The molecule has 1 N–H and O–H groups in total. The fraction of sp³-hybridized carbons (Fsp3) is 0.400. The van der Waals surface area contributed by atoms with E-state index in [9.17, 15) is 4.39 Å². The maximum absolute atomic E-state index is 13.6. The summed E-state index contributed by atoms with van der Waals surface area (Å²) in [5.74, 6) is 1.07. The molecule has 0 saturated heterocycles. The topological polar surface area (TPSA) is 47.3 Å². The van der Waals surface area contributed by atoms with Gasteiger partial charge in [-0.1, -0.05) is 0 Å². The summed E-state index contributed by atoms with van der Waals surface area (Å²) in [6.45, 7) is 0.863. The quantitative estimate of drug-likeness (QED) is 0.881. The lowest BCUT2D eigenvalue weighted by Crippen LogP contribution is -2.19. The van der Waals surface area contributed by atoms with Crippen LogP contribution in [0.15, 0.2) is 28.8 Å². The maximum Gasteiger partial charge on any atom is 0.196 e. The molecule has 20 heavy (non-hydrogen) atoms. The highest BCUT2D eigenvalue weighted by Crippen LogP contribution is 2.26. The van der Waals surface area contributed by atoms with Crippen LogP contribution in [0, 0.1) is 5.82 Å². The molecule has 0 aliphatic heterocycles. The molecule has 0 unspecified atom stereocenters. The molecule has 1 aliphatic carbocycles. The second-order valence-corrected chi connectivity index (χ2v) is 4.95. The molecule has 1 saturated carbocycles. The molecule has 106 valence electrons. The van der Waals surface area contributed by atoms with Crippen molar-refractivity contribution in [2.45, 2.75) is 25.3 Å². The van der Waals surface area contributed by atoms with Crippen LogP contribution in [0.5, 0.6) is 5.75 Å². The van der Waals surface area contributed by atoms with Gasteiger partial charge >= 0.3 is 0 Å². The van der Waals surface area contributed by atoms with Gasteiger partial charge in [0.1, 0.15) is 0 Å². The van der Waals surface area contributed by atoms with Crippen molar-refractivity contribution in [1.82, 2.24) is 10.3 Å². The molecular weight excluding hydrogens is 259 g/mol. The molecule has 1 aromatic carbocycles. The van der Waals surface area contributed by atoms with Gasteiger partial charge in [-0.05, 0) is 31.0 Å². The number of hydrogen-bond donors (Lipinski definition) is 1. The number of ether oxygens (including phenoxy) is 1. The average Bonchev–Trinajstić information content (AvgIpc) is 3.15. The van der Waals surface area contributed by atoms with Gasteiger partial charge in [0.25, 0.3) is 0 Å². The lowest BCUT2D eigenvalue weighted by molar-refractivity contribution is 0.386. The third kappa shape index (κ3) is 2.99. The number of nitrogens with one attached hydrogen (secondary N) is 1. The summed E-state index contributed by atoms with van der Waals surface area (Å²) in [7, 11) is 1.44. The molecule has 0 spiro atoms. The summed E-state index contributed by atoms with van der Waals surface area (Å²) in [6, 6.07) is 5.42. The Morgan fingerprint density at radius 1 is 1.45 bits per heavy atom. The van der Waals surface area contributed by atoms with E-state index in [-0.39, 0.29) is 5.75 Å². The molecule has 1 heterocycles. The molecule has 0 radical (unpaired) electrons. The van der Waals surface area contributed by atoms with Crippen LogP contribution in [0.3, 0.4) is 0 Å². The Balaban J connectivity index is 1.67. The molecule has 5 heteroatoms. The Morgan fingerprint density at radius 3 is 3.00 bits per heavy atom. The minimum absolute atomic E-state index is 0.224. The van der Waals surface area contributed by atoms with E-state index in [1.165, 1.54) is 26.0 Å². The van der Waals surface area contributed by atoms with Crippen LogP contribution in [-0.2, 0) is 6.42 Å². The maximum atomic E-state index is 13.6. The number of rotatable bonds is 6. The van der Waals surface area contributed by atoms with E-state index in [0.717, 1.165) is 13.0 Å². The normalized spacial score (nSPS) is 14.5. The molecule has 0 amide bonds. The summed E-state index contributed by atoms with van der Waals surface area (Å²) in [6.07, 6.45) is 4.91. The van der Waals surface area contributed by atoms with Gasteiger partial charge in [-0.3, -0.25) is 0 Å². The lowest BCUT2D eigenvalue weighted by atomic mass is 10.2. The van der Waals surface area contributed by atoms with Gasteiger partial charge in [-0.25, -0.2) is 9.37 Å². The van der Waals surface area contributed by atoms with Gasteiger partial charge < -0.3 is 14.5 Å². The average molecular weight is 276 g/mol. The zero-order valence-electron chi connectivity index (χ0n) is 11.4. The van der Waals surface area contributed by atoms with Crippen molar-refractivity contribution in [3.63, 3.8) is 0 Å². The second-order valence-electron chi connectivity index (χ2n) is 4.95. The summed E-state index contributed by atoms with van der Waals surface area (Å²) < 4.78 is 24.2. The largest absolute Gasteiger partial charge is 0.494 e. The van der Waals surface area contributed by atoms with Crippen molar-refractivity contribution in [3.05, 3.63) is 36.1 Å². The van der Waals surface area contributed by atoms with Crippen LogP contribution in [0.2, 0.25) is 0 Å². The molecule has 0 atom stereocenters. The highest BCUT2D eigenvalue weighted by Gasteiger charge is 2.20. The zero-order chi connectivity index (χ0) is 13.9. The van der Waals surface area contributed by atoms with Crippen molar-refractivity contribution in [3.8, 4) is 17.1 Å². The molecule has 4 nitrogen and oxygen atoms in total.